The molecule has 1 aliphatic rings. The number of quaternary nitrogens is 1. The first-order valence-corrected chi connectivity index (χ1v) is 10.6. The minimum Gasteiger partial charge on any atom is -0.343 e. The second-order valence-electron chi connectivity index (χ2n) is 7.07. The lowest BCUT2D eigenvalue weighted by atomic mass is 10.0. The van der Waals surface area contributed by atoms with E-state index in [1.54, 1.807) is 19.0 Å². The van der Waals surface area contributed by atoms with Crippen LogP contribution in [0, 0.1) is 5.82 Å². The molecule has 1 aliphatic heterocycles. The predicted octanol–water partition coefficient (Wildman–Crippen LogP) is 0.544. The van der Waals surface area contributed by atoms with Crippen LogP contribution in [-0.2, 0) is 14.8 Å². The number of nitrogens with zero attached hydrogens (tertiary/aromatic N) is 2. The topological polar surface area (TPSA) is 62.1 Å². The molecule has 1 fully saturated rings. The summed E-state index contributed by atoms with van der Waals surface area (Å²) in [6.45, 7) is 1.39. The van der Waals surface area contributed by atoms with Crippen molar-refractivity contribution in [3.8, 4) is 0 Å². The van der Waals surface area contributed by atoms with E-state index in [9.17, 15) is 17.6 Å². The first kappa shape index (κ1) is 20.4. The lowest BCUT2D eigenvalue weighted by molar-refractivity contribution is -0.925. The minimum atomic E-state index is -3.89. The largest absolute Gasteiger partial charge is 0.343 e. The Morgan fingerprint density at radius 2 is 1.61 bits per heavy atom. The van der Waals surface area contributed by atoms with Gasteiger partial charge in [0, 0.05) is 19.7 Å². The smallest absolute Gasteiger partial charge is 0.285 e. The van der Waals surface area contributed by atoms with Crippen molar-refractivity contribution >= 4 is 15.9 Å². The number of rotatable bonds is 5. The monoisotopic (exact) mass is 406 g/mol. The van der Waals surface area contributed by atoms with E-state index in [-0.39, 0.29) is 23.9 Å². The molecule has 1 atom stereocenters. The lowest BCUT2D eigenvalue weighted by Crippen LogP contribution is -3.16. The van der Waals surface area contributed by atoms with Gasteiger partial charge in [0.2, 0.25) is 10.0 Å². The van der Waals surface area contributed by atoms with Crippen molar-refractivity contribution in [1.82, 2.24) is 9.21 Å². The summed E-state index contributed by atoms with van der Waals surface area (Å²) in [4.78, 5) is 15.1. The van der Waals surface area contributed by atoms with Gasteiger partial charge in [-0.05, 0) is 12.1 Å². The number of benzene rings is 2. The molecule has 28 heavy (non-hydrogen) atoms. The van der Waals surface area contributed by atoms with Gasteiger partial charge in [0.1, 0.15) is 10.7 Å². The quantitative estimate of drug-likeness (QED) is 0.789. The Labute approximate surface area is 165 Å². The third-order valence-electron chi connectivity index (χ3n) is 5.05. The molecule has 0 aromatic heterocycles. The number of hydrogen-bond donors (Lipinski definition) is 1. The molecule has 1 heterocycles. The number of carbonyl (C=O) groups excluding carboxylic acids is 1. The van der Waals surface area contributed by atoms with Gasteiger partial charge in [-0.2, -0.15) is 4.31 Å². The van der Waals surface area contributed by atoms with Crippen LogP contribution in [0.5, 0.6) is 0 Å². The van der Waals surface area contributed by atoms with Gasteiger partial charge in [0.05, 0.1) is 26.2 Å². The summed E-state index contributed by atoms with van der Waals surface area (Å²) in [5, 5.41) is 0. The highest BCUT2D eigenvalue weighted by Gasteiger charge is 2.38. The molecule has 8 heteroatoms. The Bertz CT molecular complexity index is 927. The first-order valence-electron chi connectivity index (χ1n) is 9.17. The number of halogens is 1. The van der Waals surface area contributed by atoms with Crippen LogP contribution in [0.15, 0.2) is 59.5 Å². The second kappa shape index (κ2) is 8.38. The molecule has 0 spiro atoms. The highest BCUT2D eigenvalue weighted by Crippen LogP contribution is 2.19. The van der Waals surface area contributed by atoms with Gasteiger partial charge in [0.15, 0.2) is 6.04 Å². The SMILES string of the molecule is CN(C)C(=O)[C@@H](c1ccccc1)[NH+]1CCN(S(=O)(=O)c2ccccc2F)CC1. The van der Waals surface area contributed by atoms with E-state index in [1.807, 2.05) is 30.3 Å². The Morgan fingerprint density at radius 1 is 1.04 bits per heavy atom. The van der Waals surface area contributed by atoms with Gasteiger partial charge in [-0.15, -0.1) is 0 Å². The van der Waals surface area contributed by atoms with Crippen LogP contribution in [0.25, 0.3) is 0 Å². The Hall–Kier alpha value is -2.29. The number of carbonyl (C=O) groups is 1. The molecule has 0 bridgehead atoms. The number of amides is 1. The summed E-state index contributed by atoms with van der Waals surface area (Å²) in [7, 11) is -0.456. The molecule has 0 saturated carbocycles. The van der Waals surface area contributed by atoms with E-state index in [0.29, 0.717) is 13.1 Å². The Kier molecular flexibility index (Phi) is 6.12. The van der Waals surface area contributed by atoms with Crippen LogP contribution < -0.4 is 4.90 Å². The number of hydrogen-bond acceptors (Lipinski definition) is 3. The average Bonchev–Trinajstić information content (AvgIpc) is 2.69. The zero-order valence-electron chi connectivity index (χ0n) is 16.0. The molecule has 0 radical (unpaired) electrons. The molecule has 3 rings (SSSR count). The van der Waals surface area contributed by atoms with E-state index < -0.39 is 21.9 Å². The van der Waals surface area contributed by atoms with Crippen LogP contribution in [0.2, 0.25) is 0 Å². The predicted molar refractivity (Wildman–Crippen MR) is 104 cm³/mol. The third-order valence-corrected chi connectivity index (χ3v) is 6.98. The fourth-order valence-electron chi connectivity index (χ4n) is 3.55. The lowest BCUT2D eigenvalue weighted by Gasteiger charge is -2.36. The van der Waals surface area contributed by atoms with Crippen molar-refractivity contribution in [2.24, 2.45) is 0 Å². The fourth-order valence-corrected chi connectivity index (χ4v) is 5.06. The van der Waals surface area contributed by atoms with Crippen LogP contribution in [0.3, 0.4) is 0 Å². The van der Waals surface area contributed by atoms with Crippen molar-refractivity contribution < 1.29 is 22.5 Å². The second-order valence-corrected chi connectivity index (χ2v) is 8.98. The highest BCUT2D eigenvalue weighted by molar-refractivity contribution is 7.89. The first-order chi connectivity index (χ1) is 13.3. The Morgan fingerprint density at radius 3 is 2.18 bits per heavy atom. The fraction of sp³-hybridized carbons (Fsp3) is 0.350. The minimum absolute atomic E-state index is 0.0217. The maximum absolute atomic E-state index is 14.0. The molecule has 1 N–H and O–H groups in total. The van der Waals surface area contributed by atoms with Crippen molar-refractivity contribution in [3.63, 3.8) is 0 Å². The van der Waals surface area contributed by atoms with Crippen LogP contribution in [-0.4, -0.2) is 63.8 Å². The van der Waals surface area contributed by atoms with E-state index in [2.05, 4.69) is 0 Å². The molecule has 150 valence electrons. The van der Waals surface area contributed by atoms with Crippen molar-refractivity contribution in [2.45, 2.75) is 10.9 Å². The van der Waals surface area contributed by atoms with E-state index in [1.165, 1.54) is 22.5 Å². The number of sulfonamides is 1. The van der Waals surface area contributed by atoms with Gasteiger partial charge in [-0.1, -0.05) is 42.5 Å². The summed E-state index contributed by atoms with van der Waals surface area (Å²) in [6, 6.07) is 14.5. The van der Waals surface area contributed by atoms with Crippen molar-refractivity contribution in [2.75, 3.05) is 40.3 Å². The van der Waals surface area contributed by atoms with Gasteiger partial charge < -0.3 is 9.80 Å². The molecule has 0 aliphatic carbocycles. The van der Waals surface area contributed by atoms with Crippen LogP contribution >= 0.6 is 0 Å². The molecule has 2 aromatic carbocycles. The average molecular weight is 407 g/mol. The normalized spacial score (nSPS) is 17.2. The van der Waals surface area contributed by atoms with E-state index in [4.69, 9.17) is 0 Å². The Balaban J connectivity index is 1.79. The summed E-state index contributed by atoms with van der Waals surface area (Å²) < 4.78 is 40.9. The van der Waals surface area contributed by atoms with E-state index >= 15 is 0 Å². The third kappa shape index (κ3) is 4.09. The van der Waals surface area contributed by atoms with Crippen molar-refractivity contribution in [1.29, 1.82) is 0 Å². The van der Waals surface area contributed by atoms with Crippen molar-refractivity contribution in [3.05, 3.63) is 66.0 Å². The van der Waals surface area contributed by atoms with E-state index in [0.717, 1.165) is 16.5 Å². The molecule has 6 nitrogen and oxygen atoms in total. The molecular weight excluding hydrogens is 381 g/mol. The van der Waals surface area contributed by atoms with Crippen LogP contribution in [0.1, 0.15) is 11.6 Å². The number of nitrogens with one attached hydrogen (secondary N) is 1. The standard InChI is InChI=1S/C20H24FN3O3S/c1-22(2)20(25)19(16-8-4-3-5-9-16)23-12-14-24(15-13-23)28(26,27)18-11-7-6-10-17(18)21/h3-11,19H,12-15H2,1-2H3/p+1/t19-/m1/s1. The summed E-state index contributed by atoms with van der Waals surface area (Å²) in [5.41, 5.74) is 0.904. The summed E-state index contributed by atoms with van der Waals surface area (Å²) in [6.07, 6.45) is 0. The van der Waals surface area contributed by atoms with Gasteiger partial charge in [-0.25, -0.2) is 12.8 Å². The zero-order chi connectivity index (χ0) is 20.3. The number of piperazine rings is 1. The molecule has 1 amide bonds. The number of likely N-dealkylation sites (N-methyl/N-ethyl adjacent to an activating group) is 1. The molecular formula is C20H25FN3O3S+. The summed E-state index contributed by atoms with van der Waals surface area (Å²) in [5.74, 6) is -0.770. The highest BCUT2D eigenvalue weighted by atomic mass is 32.2. The maximum Gasteiger partial charge on any atom is 0.285 e. The maximum atomic E-state index is 14.0. The molecule has 0 unspecified atom stereocenters. The molecule has 1 saturated heterocycles. The van der Waals surface area contributed by atoms with Crippen LogP contribution in [0.4, 0.5) is 4.39 Å². The molecule has 2 aromatic rings. The van der Waals surface area contributed by atoms with Gasteiger partial charge in [0.25, 0.3) is 5.91 Å². The zero-order valence-corrected chi connectivity index (χ0v) is 16.8. The summed E-state index contributed by atoms with van der Waals surface area (Å²) >= 11 is 0. The van der Waals surface area contributed by atoms with Gasteiger partial charge >= 0.3 is 0 Å². The van der Waals surface area contributed by atoms with Gasteiger partial charge in [-0.3, -0.25) is 4.79 Å².